The van der Waals surface area contributed by atoms with E-state index in [-0.39, 0.29) is 5.91 Å². The van der Waals surface area contributed by atoms with Gasteiger partial charge in [0.05, 0.1) is 24.8 Å². The lowest BCUT2D eigenvalue weighted by molar-refractivity contribution is 0.0664. The molecule has 1 aromatic carbocycles. The van der Waals surface area contributed by atoms with Crippen molar-refractivity contribution in [1.82, 2.24) is 24.8 Å². The van der Waals surface area contributed by atoms with Gasteiger partial charge in [-0.2, -0.15) is 9.97 Å². The summed E-state index contributed by atoms with van der Waals surface area (Å²) >= 11 is 0. The molecule has 2 N–H and O–H groups in total. The van der Waals surface area contributed by atoms with Crippen LogP contribution in [-0.4, -0.2) is 77.6 Å². The van der Waals surface area contributed by atoms with Gasteiger partial charge in [0.1, 0.15) is 11.4 Å². The second-order valence-electron chi connectivity index (χ2n) is 7.16. The number of carbonyl (C=O) groups excluding carboxylic acids is 1. The Morgan fingerprint density at radius 2 is 2.00 bits per heavy atom. The Labute approximate surface area is 175 Å². The molecule has 1 amide bonds. The summed E-state index contributed by atoms with van der Waals surface area (Å²) in [6, 6.07) is 7.23. The van der Waals surface area contributed by atoms with Crippen molar-refractivity contribution in [3.05, 3.63) is 36.0 Å². The highest BCUT2D eigenvalue weighted by atomic mass is 16.5. The first kappa shape index (κ1) is 20.0. The Hall–Kier alpha value is -3.33. The molecule has 0 spiro atoms. The summed E-state index contributed by atoms with van der Waals surface area (Å²) in [7, 11) is 3.64. The average Bonchev–Trinajstić information content (AvgIpc) is 3.23. The molecular weight excluding hydrogens is 384 g/mol. The zero-order chi connectivity index (χ0) is 21.1. The van der Waals surface area contributed by atoms with Crippen molar-refractivity contribution in [2.24, 2.45) is 0 Å². The van der Waals surface area contributed by atoms with Crippen LogP contribution in [0.1, 0.15) is 17.3 Å². The first-order valence-corrected chi connectivity index (χ1v) is 10.00. The average molecular weight is 410 g/mol. The summed E-state index contributed by atoms with van der Waals surface area (Å²) in [6.45, 7) is 5.62. The largest absolute Gasteiger partial charge is 0.495 e. The zero-order valence-electron chi connectivity index (χ0n) is 17.4. The van der Waals surface area contributed by atoms with Gasteiger partial charge in [0.25, 0.3) is 5.91 Å². The Kier molecular flexibility index (Phi) is 5.71. The minimum Gasteiger partial charge on any atom is -0.495 e. The third-order valence-corrected chi connectivity index (χ3v) is 5.15. The molecule has 3 aromatic rings. The second kappa shape index (κ2) is 8.58. The maximum Gasteiger partial charge on any atom is 0.254 e. The second-order valence-corrected chi connectivity index (χ2v) is 7.16. The van der Waals surface area contributed by atoms with Gasteiger partial charge in [-0.25, -0.2) is 0 Å². The van der Waals surface area contributed by atoms with E-state index in [0.717, 1.165) is 31.6 Å². The van der Waals surface area contributed by atoms with Crippen LogP contribution in [0.15, 0.2) is 30.5 Å². The number of hydrogen-bond acceptors (Lipinski definition) is 7. The number of rotatable bonds is 6. The van der Waals surface area contributed by atoms with E-state index in [0.29, 0.717) is 41.1 Å². The minimum atomic E-state index is 0.00985. The molecule has 0 unspecified atom stereocenters. The lowest BCUT2D eigenvalue weighted by Crippen LogP contribution is -2.47. The van der Waals surface area contributed by atoms with E-state index in [2.05, 4.69) is 32.2 Å². The molecular formula is C21H26N6O3. The quantitative estimate of drug-likeness (QED) is 0.645. The van der Waals surface area contributed by atoms with Gasteiger partial charge in [-0.1, -0.05) is 0 Å². The molecule has 9 nitrogen and oxygen atoms in total. The van der Waals surface area contributed by atoms with E-state index < -0.39 is 0 Å². The number of anilines is 2. The smallest absolute Gasteiger partial charge is 0.254 e. The van der Waals surface area contributed by atoms with Crippen molar-refractivity contribution in [3.63, 3.8) is 0 Å². The first-order valence-electron chi connectivity index (χ1n) is 10.00. The highest BCUT2D eigenvalue weighted by Gasteiger charge is 2.21. The van der Waals surface area contributed by atoms with Gasteiger partial charge in [-0.15, -0.1) is 0 Å². The van der Waals surface area contributed by atoms with Gasteiger partial charge in [0, 0.05) is 37.9 Å². The standard InChI is InChI=1S/C21H26N6O3/c1-4-30-19-15-7-8-22-18(15)24-21(25-19)23-16-6-5-14(13-17(16)29-3)20(28)27-11-9-26(2)10-12-27/h5-8,13H,4,9-12H2,1-3H3,(H2,22,23,24,25). The van der Waals surface area contributed by atoms with Gasteiger partial charge >= 0.3 is 0 Å². The number of benzene rings is 1. The SMILES string of the molecule is CCOc1nc(Nc2ccc(C(=O)N3CCN(C)CC3)cc2OC)nc2[nH]ccc12. The number of ether oxygens (including phenoxy) is 2. The van der Waals surface area contributed by atoms with Crippen LogP contribution in [-0.2, 0) is 0 Å². The molecule has 1 aliphatic rings. The van der Waals surface area contributed by atoms with Crippen molar-refractivity contribution < 1.29 is 14.3 Å². The number of aromatic amines is 1. The molecule has 9 heteroatoms. The molecule has 0 aliphatic carbocycles. The predicted octanol–water partition coefficient (Wildman–Crippen LogP) is 2.50. The number of H-pyrrole nitrogens is 1. The van der Waals surface area contributed by atoms with E-state index in [1.165, 1.54) is 0 Å². The van der Waals surface area contributed by atoms with Crippen LogP contribution in [0.3, 0.4) is 0 Å². The monoisotopic (exact) mass is 410 g/mol. The number of fused-ring (bicyclic) bond motifs is 1. The molecule has 0 saturated carbocycles. The number of aromatic nitrogens is 3. The van der Waals surface area contributed by atoms with E-state index in [4.69, 9.17) is 9.47 Å². The maximum atomic E-state index is 12.9. The number of methoxy groups -OCH3 is 1. The number of amides is 1. The van der Waals surface area contributed by atoms with Gasteiger partial charge in [0.2, 0.25) is 11.8 Å². The summed E-state index contributed by atoms with van der Waals surface area (Å²) in [5.74, 6) is 1.44. The molecule has 0 radical (unpaired) electrons. The summed E-state index contributed by atoms with van der Waals surface area (Å²) in [4.78, 5) is 29.0. The van der Waals surface area contributed by atoms with Crippen molar-refractivity contribution in [2.45, 2.75) is 6.92 Å². The summed E-state index contributed by atoms with van der Waals surface area (Å²) < 4.78 is 11.2. The molecule has 30 heavy (non-hydrogen) atoms. The Morgan fingerprint density at radius 3 is 2.73 bits per heavy atom. The Bertz CT molecular complexity index is 1040. The molecule has 3 heterocycles. The molecule has 158 valence electrons. The van der Waals surface area contributed by atoms with Gasteiger partial charge < -0.3 is 29.6 Å². The van der Waals surface area contributed by atoms with Gasteiger partial charge in [-0.05, 0) is 38.2 Å². The Morgan fingerprint density at radius 1 is 1.20 bits per heavy atom. The topological polar surface area (TPSA) is 95.6 Å². The van der Waals surface area contributed by atoms with E-state index in [1.54, 1.807) is 25.4 Å². The number of carbonyl (C=O) groups is 1. The van der Waals surface area contributed by atoms with Crippen molar-refractivity contribution >= 4 is 28.6 Å². The number of nitrogens with one attached hydrogen (secondary N) is 2. The Balaban J connectivity index is 1.58. The van der Waals surface area contributed by atoms with Crippen molar-refractivity contribution in [1.29, 1.82) is 0 Å². The number of likely N-dealkylation sites (N-methyl/N-ethyl adjacent to an activating group) is 1. The lowest BCUT2D eigenvalue weighted by atomic mass is 10.1. The summed E-state index contributed by atoms with van der Waals surface area (Å²) in [5.41, 5.74) is 1.94. The molecule has 1 aliphatic heterocycles. The number of nitrogens with zero attached hydrogens (tertiary/aromatic N) is 4. The number of hydrogen-bond donors (Lipinski definition) is 2. The molecule has 0 bridgehead atoms. The van der Waals surface area contributed by atoms with Crippen LogP contribution < -0.4 is 14.8 Å². The molecule has 2 aromatic heterocycles. The molecule has 0 atom stereocenters. The van der Waals surface area contributed by atoms with Gasteiger partial charge in [0.15, 0.2) is 0 Å². The van der Waals surface area contributed by atoms with Crippen molar-refractivity contribution in [2.75, 3.05) is 52.3 Å². The normalized spacial score (nSPS) is 14.7. The molecule has 1 fully saturated rings. The lowest BCUT2D eigenvalue weighted by Gasteiger charge is -2.32. The van der Waals surface area contributed by atoms with Crippen LogP contribution in [0.5, 0.6) is 11.6 Å². The fraction of sp³-hybridized carbons (Fsp3) is 0.381. The van der Waals surface area contributed by atoms with Crippen LogP contribution >= 0.6 is 0 Å². The zero-order valence-corrected chi connectivity index (χ0v) is 17.4. The van der Waals surface area contributed by atoms with Crippen LogP contribution in [0.4, 0.5) is 11.6 Å². The third-order valence-electron chi connectivity index (χ3n) is 5.15. The first-order chi connectivity index (χ1) is 14.6. The summed E-state index contributed by atoms with van der Waals surface area (Å²) in [6.07, 6.45) is 1.80. The fourth-order valence-electron chi connectivity index (χ4n) is 3.46. The summed E-state index contributed by atoms with van der Waals surface area (Å²) in [5, 5.41) is 4.00. The minimum absolute atomic E-state index is 0.00985. The molecule has 4 rings (SSSR count). The van der Waals surface area contributed by atoms with E-state index >= 15 is 0 Å². The highest BCUT2D eigenvalue weighted by molar-refractivity contribution is 5.95. The third kappa shape index (κ3) is 4.02. The number of piperazine rings is 1. The van der Waals surface area contributed by atoms with Crippen LogP contribution in [0, 0.1) is 0 Å². The molecule has 1 saturated heterocycles. The van der Waals surface area contributed by atoms with Crippen molar-refractivity contribution in [3.8, 4) is 11.6 Å². The van der Waals surface area contributed by atoms with Crippen LogP contribution in [0.2, 0.25) is 0 Å². The van der Waals surface area contributed by atoms with E-state index in [9.17, 15) is 4.79 Å². The van der Waals surface area contributed by atoms with E-state index in [1.807, 2.05) is 24.0 Å². The maximum absolute atomic E-state index is 12.9. The highest BCUT2D eigenvalue weighted by Crippen LogP contribution is 2.30. The predicted molar refractivity (Wildman–Crippen MR) is 115 cm³/mol. The fourth-order valence-corrected chi connectivity index (χ4v) is 3.46. The van der Waals surface area contributed by atoms with Crippen LogP contribution in [0.25, 0.3) is 11.0 Å². The van der Waals surface area contributed by atoms with Gasteiger partial charge in [-0.3, -0.25) is 4.79 Å².